The van der Waals surface area contributed by atoms with Crippen molar-refractivity contribution in [3.8, 4) is 0 Å². The summed E-state index contributed by atoms with van der Waals surface area (Å²) >= 11 is 0. The second-order valence-electron chi connectivity index (χ2n) is 5.69. The standard InChI is InChI=1S/C15H20N2O6/c1-9(15(21)23-8-13(19)17-11-4-5-11)6-14(20)22-7-12(18)16-10-2-3-10/h6,10-11H,2-5,7-8H2,1H3,(H,16,18)(H,17,19)/b9-6-. The van der Waals surface area contributed by atoms with Crippen molar-refractivity contribution < 1.29 is 28.7 Å². The quantitative estimate of drug-likeness (QED) is 0.463. The van der Waals surface area contributed by atoms with Gasteiger partial charge in [-0.2, -0.15) is 0 Å². The summed E-state index contributed by atoms with van der Waals surface area (Å²) < 4.78 is 9.50. The van der Waals surface area contributed by atoms with Gasteiger partial charge in [-0.3, -0.25) is 9.59 Å². The molecule has 0 heterocycles. The molecule has 23 heavy (non-hydrogen) atoms. The number of rotatable bonds is 8. The van der Waals surface area contributed by atoms with Crippen molar-refractivity contribution in [3.63, 3.8) is 0 Å². The molecule has 2 rings (SSSR count). The zero-order valence-electron chi connectivity index (χ0n) is 12.9. The highest BCUT2D eigenvalue weighted by Gasteiger charge is 2.24. The molecular formula is C15H20N2O6. The van der Waals surface area contributed by atoms with Crippen LogP contribution < -0.4 is 10.6 Å². The molecule has 126 valence electrons. The van der Waals surface area contributed by atoms with Crippen molar-refractivity contribution in [2.45, 2.75) is 44.7 Å². The first-order valence-electron chi connectivity index (χ1n) is 7.55. The molecule has 0 aromatic heterocycles. The van der Waals surface area contributed by atoms with E-state index in [9.17, 15) is 19.2 Å². The van der Waals surface area contributed by atoms with Gasteiger partial charge in [-0.1, -0.05) is 0 Å². The fraction of sp³-hybridized carbons (Fsp3) is 0.600. The van der Waals surface area contributed by atoms with Gasteiger partial charge in [0, 0.05) is 23.7 Å². The van der Waals surface area contributed by atoms with Crippen molar-refractivity contribution in [1.29, 1.82) is 0 Å². The van der Waals surface area contributed by atoms with Crippen LogP contribution in [0.25, 0.3) is 0 Å². The first-order chi connectivity index (χ1) is 10.9. The highest BCUT2D eigenvalue weighted by molar-refractivity contribution is 5.97. The lowest BCUT2D eigenvalue weighted by molar-refractivity contribution is -0.146. The lowest BCUT2D eigenvalue weighted by atomic mass is 10.3. The van der Waals surface area contributed by atoms with Crippen LogP contribution in [-0.2, 0) is 28.7 Å². The molecule has 0 aliphatic heterocycles. The molecule has 8 heteroatoms. The summed E-state index contributed by atoms with van der Waals surface area (Å²) in [6, 6.07) is 0.379. The molecule has 0 aromatic rings. The number of carbonyl (C=O) groups is 4. The van der Waals surface area contributed by atoms with E-state index in [1.165, 1.54) is 6.92 Å². The minimum absolute atomic E-state index is 0.00294. The van der Waals surface area contributed by atoms with Gasteiger partial charge in [0.2, 0.25) is 0 Å². The molecule has 0 aromatic carbocycles. The summed E-state index contributed by atoms with van der Waals surface area (Å²) in [6.07, 6.45) is 4.71. The lowest BCUT2D eigenvalue weighted by Crippen LogP contribution is -2.31. The minimum Gasteiger partial charge on any atom is -0.452 e. The molecule has 0 spiro atoms. The Morgan fingerprint density at radius 1 is 0.913 bits per heavy atom. The summed E-state index contributed by atoms with van der Waals surface area (Å²) in [4.78, 5) is 45.8. The van der Waals surface area contributed by atoms with Gasteiger partial charge in [-0.15, -0.1) is 0 Å². The Morgan fingerprint density at radius 3 is 1.87 bits per heavy atom. The summed E-state index contributed by atoms with van der Waals surface area (Å²) in [6.45, 7) is 0.587. The average molecular weight is 324 g/mol. The van der Waals surface area contributed by atoms with E-state index in [-0.39, 0.29) is 36.1 Å². The summed E-state index contributed by atoms with van der Waals surface area (Å²) in [7, 11) is 0. The van der Waals surface area contributed by atoms with Crippen LogP contribution in [0.1, 0.15) is 32.6 Å². The second kappa shape index (κ2) is 7.75. The molecule has 2 saturated carbocycles. The molecule has 0 unspecified atom stereocenters. The maximum Gasteiger partial charge on any atom is 0.334 e. The van der Waals surface area contributed by atoms with Crippen LogP contribution in [0.2, 0.25) is 0 Å². The number of hydrogen-bond donors (Lipinski definition) is 2. The van der Waals surface area contributed by atoms with E-state index in [1.54, 1.807) is 0 Å². The number of esters is 2. The highest BCUT2D eigenvalue weighted by atomic mass is 16.5. The first kappa shape index (κ1) is 17.0. The fourth-order valence-electron chi connectivity index (χ4n) is 1.65. The molecule has 0 bridgehead atoms. The fourth-order valence-corrected chi connectivity index (χ4v) is 1.65. The number of nitrogens with one attached hydrogen (secondary N) is 2. The van der Waals surface area contributed by atoms with Gasteiger partial charge >= 0.3 is 11.9 Å². The zero-order valence-corrected chi connectivity index (χ0v) is 12.9. The third kappa shape index (κ3) is 6.94. The second-order valence-corrected chi connectivity index (χ2v) is 5.69. The number of ether oxygens (including phenoxy) is 2. The van der Waals surface area contributed by atoms with Crippen molar-refractivity contribution >= 4 is 23.8 Å². The summed E-state index contributed by atoms with van der Waals surface area (Å²) in [5, 5.41) is 5.34. The Hall–Kier alpha value is -2.38. The largest absolute Gasteiger partial charge is 0.452 e. The van der Waals surface area contributed by atoms with Crippen molar-refractivity contribution in [2.75, 3.05) is 13.2 Å². The van der Waals surface area contributed by atoms with Crippen LogP contribution >= 0.6 is 0 Å². The van der Waals surface area contributed by atoms with Crippen LogP contribution in [0, 0.1) is 0 Å². The minimum atomic E-state index is -0.812. The number of hydrogen-bond acceptors (Lipinski definition) is 6. The molecule has 8 nitrogen and oxygen atoms in total. The molecule has 0 radical (unpaired) electrons. The van der Waals surface area contributed by atoms with Gasteiger partial charge in [0.15, 0.2) is 13.2 Å². The molecule has 0 atom stereocenters. The van der Waals surface area contributed by atoms with Crippen molar-refractivity contribution in [3.05, 3.63) is 11.6 Å². The Morgan fingerprint density at radius 2 is 1.39 bits per heavy atom. The lowest BCUT2D eigenvalue weighted by Gasteiger charge is -2.06. The molecule has 0 saturated heterocycles. The van der Waals surface area contributed by atoms with E-state index in [1.807, 2.05) is 0 Å². The van der Waals surface area contributed by atoms with Crippen LogP contribution in [0.3, 0.4) is 0 Å². The predicted molar refractivity (Wildman–Crippen MR) is 78.0 cm³/mol. The maximum atomic E-state index is 11.6. The average Bonchev–Trinajstić information content (AvgIpc) is 3.39. The topological polar surface area (TPSA) is 111 Å². The van der Waals surface area contributed by atoms with Gasteiger partial charge < -0.3 is 20.1 Å². The van der Waals surface area contributed by atoms with Crippen LogP contribution in [0.5, 0.6) is 0 Å². The zero-order chi connectivity index (χ0) is 16.8. The first-order valence-corrected chi connectivity index (χ1v) is 7.55. The maximum absolute atomic E-state index is 11.6. The van der Waals surface area contributed by atoms with Crippen molar-refractivity contribution in [2.24, 2.45) is 0 Å². The Labute approximate surface area is 133 Å². The van der Waals surface area contributed by atoms with E-state index in [2.05, 4.69) is 10.6 Å². The molecule has 2 N–H and O–H groups in total. The van der Waals surface area contributed by atoms with Crippen LogP contribution in [0.15, 0.2) is 11.6 Å². The van der Waals surface area contributed by atoms with Crippen LogP contribution in [-0.4, -0.2) is 49.1 Å². The smallest absolute Gasteiger partial charge is 0.334 e. The number of carbonyl (C=O) groups excluding carboxylic acids is 4. The van der Waals surface area contributed by atoms with Gasteiger partial charge in [0.1, 0.15) is 0 Å². The predicted octanol–water partition coefficient (Wildman–Crippen LogP) is -0.424. The van der Waals surface area contributed by atoms with Crippen LogP contribution in [0.4, 0.5) is 0 Å². The highest BCUT2D eigenvalue weighted by Crippen LogP contribution is 2.18. The molecule has 2 fully saturated rings. The molecule has 2 aliphatic carbocycles. The third-order valence-electron chi connectivity index (χ3n) is 3.22. The van der Waals surface area contributed by atoms with Gasteiger partial charge in [-0.25, -0.2) is 9.59 Å². The molecule has 2 amide bonds. The third-order valence-corrected chi connectivity index (χ3v) is 3.22. The van der Waals surface area contributed by atoms with E-state index in [0.717, 1.165) is 31.8 Å². The van der Waals surface area contributed by atoms with E-state index in [4.69, 9.17) is 9.47 Å². The summed E-state index contributed by atoms with van der Waals surface area (Å²) in [5.41, 5.74) is -0.00294. The SMILES string of the molecule is C/C(=C/C(=O)OCC(=O)NC1CC1)C(=O)OCC(=O)NC1CC1. The Bertz CT molecular complexity index is 534. The Kier molecular flexibility index (Phi) is 5.72. The van der Waals surface area contributed by atoms with Gasteiger partial charge in [-0.05, 0) is 32.6 Å². The van der Waals surface area contributed by atoms with E-state index < -0.39 is 18.5 Å². The Balaban J connectivity index is 1.64. The van der Waals surface area contributed by atoms with Crippen molar-refractivity contribution in [1.82, 2.24) is 10.6 Å². The monoisotopic (exact) mass is 324 g/mol. The summed E-state index contributed by atoms with van der Waals surface area (Å²) in [5.74, 6) is -2.33. The normalized spacial score (nSPS) is 17.2. The molecule has 2 aliphatic rings. The van der Waals surface area contributed by atoms with E-state index >= 15 is 0 Å². The number of amides is 2. The van der Waals surface area contributed by atoms with Gasteiger partial charge in [0.25, 0.3) is 11.8 Å². The van der Waals surface area contributed by atoms with E-state index in [0.29, 0.717) is 0 Å². The molecular weight excluding hydrogens is 304 g/mol. The van der Waals surface area contributed by atoms with Gasteiger partial charge in [0.05, 0.1) is 0 Å².